The Morgan fingerprint density at radius 3 is 2.44 bits per heavy atom. The highest BCUT2D eigenvalue weighted by molar-refractivity contribution is 9.10. The molecule has 0 aromatic rings. The Kier molecular flexibility index (Phi) is 3.87. The van der Waals surface area contributed by atoms with Crippen LogP contribution in [-0.4, -0.2) is 4.32 Å². The minimum atomic E-state index is 0.229. The number of halogens is 1. The van der Waals surface area contributed by atoms with Crippen LogP contribution in [0.15, 0.2) is 24.8 Å². The Bertz CT molecular complexity index is 106. The maximum atomic E-state index is 3.58. The smallest absolute Gasteiger partial charge is 0.0236 e. The quantitative estimate of drug-likeness (QED) is 0.472. The van der Waals surface area contributed by atoms with Crippen LogP contribution in [0.2, 0.25) is 0 Å². The molecule has 52 valence electrons. The summed E-state index contributed by atoms with van der Waals surface area (Å²) < 4.78 is 0.229. The Hall–Kier alpha value is -0.0400. The van der Waals surface area contributed by atoms with Gasteiger partial charge in [0, 0.05) is 4.32 Å². The van der Waals surface area contributed by atoms with Crippen molar-refractivity contribution in [1.29, 1.82) is 0 Å². The molecule has 0 unspecified atom stereocenters. The molecule has 0 radical (unpaired) electrons. The van der Waals surface area contributed by atoms with Crippen molar-refractivity contribution in [3.05, 3.63) is 24.8 Å². The lowest BCUT2D eigenvalue weighted by molar-refractivity contribution is 0.744. The predicted octanol–water partition coefficient (Wildman–Crippen LogP) is 3.29. The molecule has 0 spiro atoms. The van der Waals surface area contributed by atoms with E-state index in [1.807, 2.05) is 6.08 Å². The van der Waals surface area contributed by atoms with Gasteiger partial charge >= 0.3 is 0 Å². The normalized spacial score (nSPS) is 12.3. The van der Waals surface area contributed by atoms with Gasteiger partial charge in [-0.15, -0.1) is 0 Å². The highest BCUT2D eigenvalue weighted by Gasteiger charge is 2.08. The molecule has 0 N–H and O–H groups in total. The molecular formula is C8H13Br. The van der Waals surface area contributed by atoms with Gasteiger partial charge in [-0.2, -0.15) is 0 Å². The summed E-state index contributed by atoms with van der Waals surface area (Å²) in [5.74, 6) is 0. The lowest BCUT2D eigenvalue weighted by Gasteiger charge is -2.11. The van der Waals surface area contributed by atoms with Crippen LogP contribution in [0.25, 0.3) is 0 Å². The van der Waals surface area contributed by atoms with E-state index in [1.165, 1.54) is 0 Å². The summed E-state index contributed by atoms with van der Waals surface area (Å²) in [5.41, 5.74) is 0. The van der Waals surface area contributed by atoms with Gasteiger partial charge < -0.3 is 0 Å². The highest BCUT2D eigenvalue weighted by atomic mass is 79.9. The first-order valence-corrected chi connectivity index (χ1v) is 3.82. The molecule has 1 heteroatoms. The molecule has 0 atom stereocenters. The van der Waals surface area contributed by atoms with E-state index < -0.39 is 0 Å². The summed E-state index contributed by atoms with van der Waals surface area (Å²) in [6.07, 6.45) is 6.89. The first kappa shape index (κ1) is 8.96. The largest absolute Gasteiger partial charge is 0.0991 e. The zero-order chi connectivity index (χ0) is 7.33. The molecule has 0 saturated carbocycles. The lowest BCUT2D eigenvalue weighted by atomic mass is 10.1. The maximum Gasteiger partial charge on any atom is 0.0236 e. The highest BCUT2D eigenvalue weighted by Crippen LogP contribution is 2.20. The number of alkyl halides is 1. The van der Waals surface area contributed by atoms with Gasteiger partial charge in [0.05, 0.1) is 0 Å². The maximum absolute atomic E-state index is 3.58. The van der Waals surface area contributed by atoms with Gasteiger partial charge in [0.2, 0.25) is 0 Å². The SMILES string of the molecule is C=C/C=C\CC(C)(C)Br. The van der Waals surface area contributed by atoms with Gasteiger partial charge in [0.1, 0.15) is 0 Å². The topological polar surface area (TPSA) is 0 Å². The van der Waals surface area contributed by atoms with Crippen LogP contribution in [0.4, 0.5) is 0 Å². The summed E-state index contributed by atoms with van der Waals surface area (Å²) in [6.45, 7) is 7.86. The third-order valence-electron chi connectivity index (χ3n) is 0.875. The van der Waals surface area contributed by atoms with Crippen molar-refractivity contribution in [3.8, 4) is 0 Å². The molecule has 0 aliphatic carbocycles. The van der Waals surface area contributed by atoms with E-state index in [-0.39, 0.29) is 4.32 Å². The van der Waals surface area contributed by atoms with Gasteiger partial charge in [0.25, 0.3) is 0 Å². The Balaban J connectivity index is 3.50. The van der Waals surface area contributed by atoms with Gasteiger partial charge in [-0.25, -0.2) is 0 Å². The first-order valence-electron chi connectivity index (χ1n) is 3.03. The molecule has 0 saturated heterocycles. The van der Waals surface area contributed by atoms with Gasteiger partial charge in [-0.05, 0) is 20.3 Å². The fourth-order valence-electron chi connectivity index (χ4n) is 0.445. The molecule has 0 heterocycles. The molecule has 0 fully saturated rings. The van der Waals surface area contributed by atoms with Gasteiger partial charge in [-0.3, -0.25) is 0 Å². The van der Waals surface area contributed by atoms with E-state index in [0.29, 0.717) is 0 Å². The van der Waals surface area contributed by atoms with Crippen LogP contribution in [0.3, 0.4) is 0 Å². The molecule has 9 heavy (non-hydrogen) atoms. The molecule has 0 aromatic carbocycles. The van der Waals surface area contributed by atoms with E-state index in [4.69, 9.17) is 0 Å². The number of allylic oxidation sites excluding steroid dienone is 3. The van der Waals surface area contributed by atoms with Crippen molar-refractivity contribution in [2.24, 2.45) is 0 Å². The van der Waals surface area contributed by atoms with Crippen LogP contribution in [0.1, 0.15) is 20.3 Å². The summed E-state index contributed by atoms with van der Waals surface area (Å²) in [7, 11) is 0. The van der Waals surface area contributed by atoms with Crippen molar-refractivity contribution in [3.63, 3.8) is 0 Å². The van der Waals surface area contributed by atoms with Crippen molar-refractivity contribution in [2.75, 3.05) is 0 Å². The second kappa shape index (κ2) is 3.89. The molecule has 0 aliphatic rings. The van der Waals surface area contributed by atoms with Crippen molar-refractivity contribution < 1.29 is 0 Å². The van der Waals surface area contributed by atoms with Crippen LogP contribution >= 0.6 is 15.9 Å². The van der Waals surface area contributed by atoms with Crippen LogP contribution in [0, 0.1) is 0 Å². The van der Waals surface area contributed by atoms with Crippen molar-refractivity contribution in [2.45, 2.75) is 24.6 Å². The summed E-state index contributed by atoms with van der Waals surface area (Å²) in [4.78, 5) is 0. The van der Waals surface area contributed by atoms with E-state index in [2.05, 4.69) is 42.4 Å². The monoisotopic (exact) mass is 188 g/mol. The minimum absolute atomic E-state index is 0.229. The zero-order valence-corrected chi connectivity index (χ0v) is 7.61. The Morgan fingerprint density at radius 2 is 2.11 bits per heavy atom. The van der Waals surface area contributed by atoms with Crippen molar-refractivity contribution in [1.82, 2.24) is 0 Å². The summed E-state index contributed by atoms with van der Waals surface area (Å²) in [6, 6.07) is 0. The fourth-order valence-corrected chi connectivity index (χ4v) is 0.631. The van der Waals surface area contributed by atoms with Crippen molar-refractivity contribution >= 4 is 15.9 Å². The van der Waals surface area contributed by atoms with Gasteiger partial charge in [0.15, 0.2) is 0 Å². The average molecular weight is 189 g/mol. The molecule has 0 bridgehead atoms. The van der Waals surface area contributed by atoms with Crippen LogP contribution in [0.5, 0.6) is 0 Å². The third kappa shape index (κ3) is 7.96. The van der Waals surface area contributed by atoms with E-state index in [0.717, 1.165) is 6.42 Å². The van der Waals surface area contributed by atoms with E-state index in [9.17, 15) is 0 Å². The predicted molar refractivity (Wildman–Crippen MR) is 47.0 cm³/mol. The third-order valence-corrected chi connectivity index (χ3v) is 1.20. The van der Waals surface area contributed by atoms with E-state index >= 15 is 0 Å². The zero-order valence-electron chi connectivity index (χ0n) is 6.02. The second-order valence-corrected chi connectivity index (χ2v) is 4.73. The minimum Gasteiger partial charge on any atom is -0.0991 e. The molecule has 0 nitrogen and oxygen atoms in total. The number of hydrogen-bond acceptors (Lipinski definition) is 0. The molecule has 0 rings (SSSR count). The molecule has 0 aliphatic heterocycles. The molecular weight excluding hydrogens is 176 g/mol. The molecule has 0 amide bonds. The lowest BCUT2D eigenvalue weighted by Crippen LogP contribution is -2.05. The summed E-state index contributed by atoms with van der Waals surface area (Å²) in [5, 5.41) is 0. The first-order chi connectivity index (χ1) is 4.06. The Labute approximate surface area is 65.8 Å². The standard InChI is InChI=1S/C8H13Br/c1-4-5-6-7-8(2,3)9/h4-6H,1,7H2,2-3H3/b6-5-. The van der Waals surface area contributed by atoms with Crippen LogP contribution < -0.4 is 0 Å². The number of rotatable bonds is 3. The van der Waals surface area contributed by atoms with Crippen LogP contribution in [-0.2, 0) is 0 Å². The molecule has 0 aromatic heterocycles. The van der Waals surface area contributed by atoms with E-state index in [1.54, 1.807) is 6.08 Å². The average Bonchev–Trinajstić information content (AvgIpc) is 1.63. The fraction of sp³-hybridized carbons (Fsp3) is 0.500. The Morgan fingerprint density at radius 1 is 1.56 bits per heavy atom. The number of hydrogen-bond donors (Lipinski definition) is 0. The second-order valence-electron chi connectivity index (χ2n) is 2.59. The van der Waals surface area contributed by atoms with Gasteiger partial charge in [-0.1, -0.05) is 40.7 Å². The summed E-state index contributed by atoms with van der Waals surface area (Å²) >= 11 is 3.52.